The normalized spacial score (nSPS) is 22.1. The first-order chi connectivity index (χ1) is 14.6. The molecule has 0 radical (unpaired) electrons. The number of carbonyl (C=O) groups excluding carboxylic acids is 2. The lowest BCUT2D eigenvalue weighted by atomic mass is 9.94. The predicted octanol–water partition coefficient (Wildman–Crippen LogP) is 1.40. The monoisotopic (exact) mass is 428 g/mol. The van der Waals surface area contributed by atoms with Crippen LogP contribution < -0.4 is 20.9 Å². The van der Waals surface area contributed by atoms with Gasteiger partial charge in [-0.3, -0.25) is 14.4 Å². The van der Waals surface area contributed by atoms with Gasteiger partial charge in [-0.15, -0.1) is 11.8 Å². The van der Waals surface area contributed by atoms with Crippen LogP contribution in [-0.4, -0.2) is 46.9 Å². The number of amides is 2. The molecule has 30 heavy (non-hydrogen) atoms. The number of ether oxygens (including phenoxy) is 2. The number of anilines is 1. The molecule has 1 fully saturated rings. The number of fused-ring (bicyclic) bond motifs is 4. The number of aromatic nitrogens is 2. The molecular formula is C20H20N4O5S. The Morgan fingerprint density at radius 1 is 1.27 bits per heavy atom. The molecule has 0 bridgehead atoms. The van der Waals surface area contributed by atoms with Crippen LogP contribution >= 0.6 is 11.8 Å². The van der Waals surface area contributed by atoms with E-state index in [1.807, 2.05) is 0 Å². The molecule has 0 saturated carbocycles. The molecule has 2 aromatic rings. The van der Waals surface area contributed by atoms with Crippen molar-refractivity contribution in [2.24, 2.45) is 0 Å². The van der Waals surface area contributed by atoms with Gasteiger partial charge in [0.15, 0.2) is 12.4 Å². The average Bonchev–Trinajstić information content (AvgIpc) is 2.93. The molecule has 1 aromatic carbocycles. The number of thioether (sulfide) groups is 1. The number of aromatic amines is 1. The van der Waals surface area contributed by atoms with E-state index in [0.717, 1.165) is 18.4 Å². The van der Waals surface area contributed by atoms with Crippen molar-refractivity contribution in [1.29, 1.82) is 0 Å². The number of H-pyrrole nitrogens is 1. The minimum atomic E-state index is -0.455. The van der Waals surface area contributed by atoms with E-state index in [4.69, 9.17) is 9.47 Å². The Kier molecular flexibility index (Phi) is 4.95. The van der Waals surface area contributed by atoms with Gasteiger partial charge in [-0.25, -0.2) is 4.98 Å². The molecule has 2 atom stereocenters. The van der Waals surface area contributed by atoms with Crippen LogP contribution in [0.2, 0.25) is 0 Å². The van der Waals surface area contributed by atoms with Gasteiger partial charge in [-0.05, 0) is 30.5 Å². The summed E-state index contributed by atoms with van der Waals surface area (Å²) in [6.45, 7) is 1.53. The van der Waals surface area contributed by atoms with Crippen molar-refractivity contribution in [3.8, 4) is 5.75 Å². The lowest BCUT2D eigenvalue weighted by Gasteiger charge is -2.18. The van der Waals surface area contributed by atoms with Crippen LogP contribution in [0.15, 0.2) is 28.0 Å². The maximum atomic E-state index is 12.7. The summed E-state index contributed by atoms with van der Waals surface area (Å²) >= 11 is 1.56. The molecule has 5 rings (SSSR count). The standard InChI is InChI=1S/C20H20N4O5S/c25-15-9-29-13-2-1-10(7-12(13)22-15)8-21-19(27)17-23-18(26)16-11-3-5-28-6-4-14(11)30-20(16)24-17/h1-2,7,11,14H,3-6,8-9H2,(H,21,27)(H,22,25)(H,23,24,26). The smallest absolute Gasteiger partial charge is 0.287 e. The van der Waals surface area contributed by atoms with Crippen LogP contribution in [0.25, 0.3) is 0 Å². The molecule has 2 unspecified atom stereocenters. The van der Waals surface area contributed by atoms with Crippen molar-refractivity contribution in [2.75, 3.05) is 25.1 Å². The third-order valence-electron chi connectivity index (χ3n) is 5.47. The van der Waals surface area contributed by atoms with E-state index < -0.39 is 5.91 Å². The topological polar surface area (TPSA) is 122 Å². The molecule has 0 aliphatic carbocycles. The predicted molar refractivity (Wildman–Crippen MR) is 109 cm³/mol. The van der Waals surface area contributed by atoms with Crippen molar-refractivity contribution in [3.63, 3.8) is 0 Å². The van der Waals surface area contributed by atoms with Crippen LogP contribution in [0, 0.1) is 0 Å². The number of nitrogens with one attached hydrogen (secondary N) is 3. The second kappa shape index (κ2) is 7.77. The molecule has 4 heterocycles. The zero-order chi connectivity index (χ0) is 20.7. The first-order valence-corrected chi connectivity index (χ1v) is 10.7. The van der Waals surface area contributed by atoms with E-state index in [0.29, 0.717) is 35.2 Å². The van der Waals surface area contributed by atoms with Gasteiger partial charge in [0.25, 0.3) is 17.4 Å². The highest BCUT2D eigenvalue weighted by molar-refractivity contribution is 8.00. The summed E-state index contributed by atoms with van der Waals surface area (Å²) in [6, 6.07) is 5.30. The van der Waals surface area contributed by atoms with Gasteiger partial charge in [0.1, 0.15) is 10.8 Å². The summed E-state index contributed by atoms with van der Waals surface area (Å²) in [6.07, 6.45) is 1.66. The fraction of sp³-hybridized carbons (Fsp3) is 0.400. The quantitative estimate of drug-likeness (QED) is 0.632. The summed E-state index contributed by atoms with van der Waals surface area (Å²) in [5.41, 5.74) is 1.78. The SMILES string of the molecule is O=C1COc2ccc(CNC(=O)c3nc4c(c(=O)[nH]3)C3CCOCCC3S4)cc2N1. The highest BCUT2D eigenvalue weighted by Crippen LogP contribution is 2.46. The molecule has 3 aliphatic heterocycles. The number of benzene rings is 1. The lowest BCUT2D eigenvalue weighted by molar-refractivity contribution is -0.118. The van der Waals surface area contributed by atoms with Crippen molar-refractivity contribution in [2.45, 2.75) is 35.6 Å². The fourth-order valence-electron chi connectivity index (χ4n) is 4.01. The first kappa shape index (κ1) is 19.1. The molecule has 156 valence electrons. The third-order valence-corrected chi connectivity index (χ3v) is 6.87. The molecule has 9 nitrogen and oxygen atoms in total. The third kappa shape index (κ3) is 3.56. The molecule has 2 amide bonds. The lowest BCUT2D eigenvalue weighted by Crippen LogP contribution is -2.29. The minimum absolute atomic E-state index is 0.00675. The minimum Gasteiger partial charge on any atom is -0.482 e. The van der Waals surface area contributed by atoms with Gasteiger partial charge in [-0.1, -0.05) is 6.07 Å². The molecule has 3 aliphatic rings. The molecule has 1 saturated heterocycles. The van der Waals surface area contributed by atoms with E-state index in [1.165, 1.54) is 0 Å². The van der Waals surface area contributed by atoms with Crippen LogP contribution in [0.3, 0.4) is 0 Å². The van der Waals surface area contributed by atoms with Crippen LogP contribution in [0.5, 0.6) is 5.75 Å². The number of hydrogen-bond acceptors (Lipinski definition) is 7. The van der Waals surface area contributed by atoms with Gasteiger partial charge in [0.05, 0.1) is 11.3 Å². The zero-order valence-corrected chi connectivity index (χ0v) is 16.8. The molecule has 1 aromatic heterocycles. The Hall–Kier alpha value is -2.85. The fourth-order valence-corrected chi connectivity index (χ4v) is 5.46. The number of nitrogens with zero attached hydrogens (tertiary/aromatic N) is 1. The second-order valence-electron chi connectivity index (χ2n) is 7.44. The molecule has 3 N–H and O–H groups in total. The van der Waals surface area contributed by atoms with E-state index in [9.17, 15) is 14.4 Å². The number of rotatable bonds is 3. The van der Waals surface area contributed by atoms with Crippen molar-refractivity contribution in [1.82, 2.24) is 15.3 Å². The van der Waals surface area contributed by atoms with E-state index in [1.54, 1.807) is 30.0 Å². The highest BCUT2D eigenvalue weighted by atomic mass is 32.2. The summed E-state index contributed by atoms with van der Waals surface area (Å²) in [5, 5.41) is 6.42. The highest BCUT2D eigenvalue weighted by Gasteiger charge is 2.38. The Balaban J connectivity index is 1.31. The molecule has 0 spiro atoms. The largest absolute Gasteiger partial charge is 0.482 e. The van der Waals surface area contributed by atoms with Crippen molar-refractivity contribution in [3.05, 3.63) is 45.5 Å². The average molecular weight is 428 g/mol. The van der Waals surface area contributed by atoms with Gasteiger partial charge in [0, 0.05) is 30.9 Å². The first-order valence-electron chi connectivity index (χ1n) is 9.81. The zero-order valence-electron chi connectivity index (χ0n) is 16.0. The van der Waals surface area contributed by atoms with Gasteiger partial charge < -0.3 is 25.1 Å². The second-order valence-corrected chi connectivity index (χ2v) is 8.66. The van der Waals surface area contributed by atoms with Crippen molar-refractivity contribution >= 4 is 29.3 Å². The molecule has 10 heteroatoms. The Bertz CT molecular complexity index is 1090. The maximum Gasteiger partial charge on any atom is 0.287 e. The summed E-state index contributed by atoms with van der Waals surface area (Å²) < 4.78 is 10.9. The Morgan fingerprint density at radius 3 is 3.03 bits per heavy atom. The summed E-state index contributed by atoms with van der Waals surface area (Å²) in [4.78, 5) is 43.8. The van der Waals surface area contributed by atoms with E-state index >= 15 is 0 Å². The molecular weight excluding hydrogens is 408 g/mol. The van der Waals surface area contributed by atoms with Crippen LogP contribution in [-0.2, 0) is 16.1 Å². The van der Waals surface area contributed by atoms with Crippen LogP contribution in [0.1, 0.15) is 40.5 Å². The van der Waals surface area contributed by atoms with E-state index in [2.05, 4.69) is 20.6 Å². The maximum absolute atomic E-state index is 12.7. The number of carbonyl (C=O) groups is 2. The van der Waals surface area contributed by atoms with Crippen LogP contribution in [0.4, 0.5) is 5.69 Å². The Morgan fingerprint density at radius 2 is 2.13 bits per heavy atom. The van der Waals surface area contributed by atoms with Gasteiger partial charge >= 0.3 is 0 Å². The Labute approximate surface area is 175 Å². The van der Waals surface area contributed by atoms with Gasteiger partial charge in [0.2, 0.25) is 0 Å². The number of hydrogen-bond donors (Lipinski definition) is 3. The summed E-state index contributed by atoms with van der Waals surface area (Å²) in [5.74, 6) is 0.0456. The van der Waals surface area contributed by atoms with E-state index in [-0.39, 0.29) is 41.6 Å². The summed E-state index contributed by atoms with van der Waals surface area (Å²) in [7, 11) is 0. The van der Waals surface area contributed by atoms with Crippen molar-refractivity contribution < 1.29 is 19.1 Å². The van der Waals surface area contributed by atoms with Gasteiger partial charge in [-0.2, -0.15) is 0 Å².